The number of carbonyl (C=O) groups is 1. The number of hydrogen-bond acceptors (Lipinski definition) is 5. The van der Waals surface area contributed by atoms with Gasteiger partial charge in [0.05, 0.1) is 12.3 Å². The molecule has 0 aromatic heterocycles. The summed E-state index contributed by atoms with van der Waals surface area (Å²) in [6.07, 6.45) is 0.0180. The number of nitrogens with two attached hydrogens (primary N) is 1. The van der Waals surface area contributed by atoms with Gasteiger partial charge in [-0.2, -0.15) is 0 Å². The number of carbonyl (C=O) groups excluding carboxylic acids is 1. The van der Waals surface area contributed by atoms with Crippen LogP contribution in [0.2, 0.25) is 0 Å². The van der Waals surface area contributed by atoms with Crippen LogP contribution < -0.4 is 5.73 Å². The molecule has 5 nitrogen and oxygen atoms in total. The lowest BCUT2D eigenvalue weighted by molar-refractivity contribution is -0.169. The molecule has 0 bridgehead atoms. The van der Waals surface area contributed by atoms with Gasteiger partial charge < -0.3 is 15.3 Å². The Hall–Kier alpha value is -1.73. The van der Waals surface area contributed by atoms with Crippen LogP contribution >= 0.6 is 12.4 Å². The Morgan fingerprint density at radius 2 is 2.23 bits per heavy atom. The van der Waals surface area contributed by atoms with Crippen LogP contribution in [0.1, 0.15) is 18.9 Å². The van der Waals surface area contributed by atoms with Crippen molar-refractivity contribution in [2.24, 2.45) is 10.9 Å². The van der Waals surface area contributed by atoms with Crippen LogP contribution in [0.25, 0.3) is 0 Å². The number of rotatable bonds is 5. The van der Waals surface area contributed by atoms with E-state index in [1.807, 2.05) is 0 Å². The molecular formula is C14H17ClF2N2O3. The van der Waals surface area contributed by atoms with E-state index in [9.17, 15) is 13.6 Å². The third-order valence-corrected chi connectivity index (χ3v) is 3.21. The summed E-state index contributed by atoms with van der Waals surface area (Å²) in [6, 6.07) is 3.15. The van der Waals surface area contributed by atoms with Crippen molar-refractivity contribution < 1.29 is 23.1 Å². The molecule has 122 valence electrons. The van der Waals surface area contributed by atoms with Gasteiger partial charge in [-0.25, -0.2) is 13.6 Å². The van der Waals surface area contributed by atoms with E-state index in [0.29, 0.717) is 5.71 Å². The highest BCUT2D eigenvalue weighted by molar-refractivity contribution is 5.94. The SMILES string of the molecule is CCOC(=O)C1(Cc2ccc(F)cc2F)CC(CN)=NO1.Cl. The predicted octanol–water partition coefficient (Wildman–Crippen LogP) is 1.97. The van der Waals surface area contributed by atoms with Gasteiger partial charge in [0.25, 0.3) is 0 Å². The number of hydrogen-bond donors (Lipinski definition) is 1. The molecule has 1 heterocycles. The molecule has 0 aliphatic carbocycles. The molecule has 2 N–H and O–H groups in total. The zero-order valence-electron chi connectivity index (χ0n) is 12.0. The molecule has 22 heavy (non-hydrogen) atoms. The van der Waals surface area contributed by atoms with Gasteiger partial charge in [-0.05, 0) is 18.6 Å². The minimum Gasteiger partial charge on any atom is -0.463 e. The number of esters is 1. The summed E-state index contributed by atoms with van der Waals surface area (Å²) in [5, 5.41) is 3.75. The van der Waals surface area contributed by atoms with Crippen molar-refractivity contribution in [3.05, 3.63) is 35.4 Å². The van der Waals surface area contributed by atoms with Gasteiger partial charge in [-0.15, -0.1) is 12.4 Å². The summed E-state index contributed by atoms with van der Waals surface area (Å²) < 4.78 is 31.7. The van der Waals surface area contributed by atoms with Gasteiger partial charge >= 0.3 is 5.97 Å². The first-order chi connectivity index (χ1) is 10.0. The standard InChI is InChI=1S/C14H16F2N2O3.ClH/c1-2-20-13(19)14(7-11(8-17)18-21-14)6-9-3-4-10(15)5-12(9)16;/h3-5H,2,6-8,17H2,1H3;1H. The van der Waals surface area contributed by atoms with Gasteiger partial charge in [-0.3, -0.25) is 0 Å². The maximum absolute atomic E-state index is 13.8. The largest absolute Gasteiger partial charge is 0.463 e. The number of nitrogens with zero attached hydrogens (tertiary/aromatic N) is 1. The Morgan fingerprint density at radius 1 is 1.50 bits per heavy atom. The Morgan fingerprint density at radius 3 is 2.77 bits per heavy atom. The lowest BCUT2D eigenvalue weighted by Gasteiger charge is -2.24. The van der Waals surface area contributed by atoms with Crippen LogP contribution in [0.3, 0.4) is 0 Å². The van der Waals surface area contributed by atoms with Crippen LogP contribution in [0.4, 0.5) is 8.78 Å². The highest BCUT2D eigenvalue weighted by Gasteiger charge is 2.48. The Labute approximate surface area is 132 Å². The molecule has 0 saturated carbocycles. The summed E-state index contributed by atoms with van der Waals surface area (Å²) in [7, 11) is 0. The third kappa shape index (κ3) is 3.72. The molecule has 1 aliphatic rings. The van der Waals surface area contributed by atoms with E-state index in [2.05, 4.69) is 5.16 Å². The molecule has 1 unspecified atom stereocenters. The Bertz CT molecular complexity index is 583. The zero-order chi connectivity index (χ0) is 15.5. The van der Waals surface area contributed by atoms with Crippen LogP contribution in [-0.4, -0.2) is 30.4 Å². The monoisotopic (exact) mass is 334 g/mol. The second-order valence-electron chi connectivity index (χ2n) is 4.76. The molecule has 1 aromatic carbocycles. The zero-order valence-corrected chi connectivity index (χ0v) is 12.8. The molecule has 1 aromatic rings. The number of ether oxygens (including phenoxy) is 1. The minimum atomic E-state index is -1.44. The van der Waals surface area contributed by atoms with E-state index in [1.165, 1.54) is 6.07 Å². The first-order valence-electron chi connectivity index (χ1n) is 6.56. The molecule has 0 amide bonds. The fraction of sp³-hybridized carbons (Fsp3) is 0.429. The van der Waals surface area contributed by atoms with Gasteiger partial charge in [-0.1, -0.05) is 11.2 Å². The first-order valence-corrected chi connectivity index (χ1v) is 6.56. The fourth-order valence-electron chi connectivity index (χ4n) is 2.17. The Kier molecular flexibility index (Phi) is 6.25. The highest BCUT2D eigenvalue weighted by Crippen LogP contribution is 2.30. The van der Waals surface area contributed by atoms with Crippen molar-refractivity contribution >= 4 is 24.1 Å². The molecule has 0 fully saturated rings. The average Bonchev–Trinajstić information content (AvgIpc) is 2.87. The van der Waals surface area contributed by atoms with Crippen LogP contribution in [0.5, 0.6) is 0 Å². The smallest absolute Gasteiger partial charge is 0.354 e. The molecule has 0 spiro atoms. The number of benzene rings is 1. The molecule has 1 atom stereocenters. The van der Waals surface area contributed by atoms with Crippen LogP contribution in [0.15, 0.2) is 23.4 Å². The third-order valence-electron chi connectivity index (χ3n) is 3.21. The quantitative estimate of drug-likeness (QED) is 0.835. The van der Waals surface area contributed by atoms with Gasteiger partial charge in [0, 0.05) is 25.5 Å². The molecule has 1 aliphatic heterocycles. The molecule has 0 radical (unpaired) electrons. The molecule has 8 heteroatoms. The highest BCUT2D eigenvalue weighted by atomic mass is 35.5. The molecule has 0 saturated heterocycles. The summed E-state index contributed by atoms with van der Waals surface area (Å²) in [5.41, 5.74) is 4.69. The van der Waals surface area contributed by atoms with Gasteiger partial charge in [0.15, 0.2) is 0 Å². The number of oxime groups is 1. The summed E-state index contributed by atoms with van der Waals surface area (Å²) >= 11 is 0. The lowest BCUT2D eigenvalue weighted by Crippen LogP contribution is -2.43. The summed E-state index contributed by atoms with van der Waals surface area (Å²) in [5.74, 6) is -2.07. The van der Waals surface area contributed by atoms with E-state index >= 15 is 0 Å². The van der Waals surface area contributed by atoms with E-state index in [0.717, 1.165) is 12.1 Å². The van der Waals surface area contributed by atoms with Crippen molar-refractivity contribution in [1.29, 1.82) is 0 Å². The molecule has 2 rings (SSSR count). The first kappa shape index (κ1) is 18.3. The number of halogens is 3. The van der Waals surface area contributed by atoms with Gasteiger partial charge in [0.1, 0.15) is 11.6 Å². The van der Waals surface area contributed by atoms with Crippen LogP contribution in [0, 0.1) is 11.6 Å². The Balaban J connectivity index is 0.00000242. The van der Waals surface area contributed by atoms with Crippen molar-refractivity contribution in [3.8, 4) is 0 Å². The fourth-order valence-corrected chi connectivity index (χ4v) is 2.17. The van der Waals surface area contributed by atoms with Crippen LogP contribution in [-0.2, 0) is 20.8 Å². The van der Waals surface area contributed by atoms with E-state index in [-0.39, 0.29) is 44.0 Å². The van der Waals surface area contributed by atoms with E-state index in [1.54, 1.807) is 6.92 Å². The molecular weight excluding hydrogens is 318 g/mol. The van der Waals surface area contributed by atoms with E-state index < -0.39 is 23.2 Å². The summed E-state index contributed by atoms with van der Waals surface area (Å²) in [4.78, 5) is 17.4. The average molecular weight is 335 g/mol. The minimum absolute atomic E-state index is 0. The second-order valence-corrected chi connectivity index (χ2v) is 4.76. The van der Waals surface area contributed by atoms with Crippen molar-refractivity contribution in [2.45, 2.75) is 25.4 Å². The van der Waals surface area contributed by atoms with Crippen molar-refractivity contribution in [3.63, 3.8) is 0 Å². The van der Waals surface area contributed by atoms with Crippen molar-refractivity contribution in [1.82, 2.24) is 0 Å². The van der Waals surface area contributed by atoms with E-state index in [4.69, 9.17) is 15.3 Å². The summed E-state index contributed by atoms with van der Waals surface area (Å²) in [6.45, 7) is 1.95. The second kappa shape index (κ2) is 7.51. The predicted molar refractivity (Wildman–Crippen MR) is 78.9 cm³/mol. The normalized spacial score (nSPS) is 19.9. The lowest BCUT2D eigenvalue weighted by atomic mass is 9.89. The maximum atomic E-state index is 13.8. The topological polar surface area (TPSA) is 73.9 Å². The maximum Gasteiger partial charge on any atom is 0.354 e. The van der Waals surface area contributed by atoms with Crippen molar-refractivity contribution in [2.75, 3.05) is 13.2 Å². The van der Waals surface area contributed by atoms with Gasteiger partial charge in [0.2, 0.25) is 5.60 Å².